The third-order valence-electron chi connectivity index (χ3n) is 5.32. The smallest absolute Gasteiger partial charge is 0.0696 e. The Morgan fingerprint density at radius 3 is 2.33 bits per heavy atom. The van der Waals surface area contributed by atoms with Crippen LogP contribution in [-0.2, 0) is 6.42 Å². The van der Waals surface area contributed by atoms with Crippen LogP contribution < -0.4 is 5.32 Å². The second-order valence-corrected chi connectivity index (χ2v) is 7.25. The van der Waals surface area contributed by atoms with Crippen LogP contribution in [-0.4, -0.2) is 23.3 Å². The average Bonchev–Trinajstić information content (AvgIpc) is 2.95. The van der Waals surface area contributed by atoms with E-state index < -0.39 is 0 Å². The van der Waals surface area contributed by atoms with Gasteiger partial charge in [0.1, 0.15) is 0 Å². The molecule has 2 aromatic carbocycles. The third kappa shape index (κ3) is 4.25. The lowest BCUT2D eigenvalue weighted by molar-refractivity contribution is 0.141. The highest BCUT2D eigenvalue weighted by Crippen LogP contribution is 2.30. The Labute approximate surface area is 145 Å². The van der Waals surface area contributed by atoms with Gasteiger partial charge in [0.15, 0.2) is 0 Å². The van der Waals surface area contributed by atoms with E-state index in [1.165, 1.54) is 16.7 Å². The Morgan fingerprint density at radius 2 is 1.67 bits per heavy atom. The molecule has 0 amide bonds. The SMILES string of the molecule is CCC(C)N[C@@H]1C[C@H](Cc2ccc(-c3ccccc3)cc2)C[C@H]1O. The monoisotopic (exact) mass is 323 g/mol. The molecule has 1 unspecified atom stereocenters. The lowest BCUT2D eigenvalue weighted by atomic mass is 9.96. The summed E-state index contributed by atoms with van der Waals surface area (Å²) in [4.78, 5) is 0. The first-order valence-electron chi connectivity index (χ1n) is 9.24. The van der Waals surface area contributed by atoms with E-state index in [4.69, 9.17) is 0 Å². The van der Waals surface area contributed by atoms with E-state index in [1.807, 2.05) is 6.07 Å². The Kier molecular flexibility index (Phi) is 5.70. The van der Waals surface area contributed by atoms with Crippen LogP contribution in [0.5, 0.6) is 0 Å². The molecule has 0 saturated heterocycles. The van der Waals surface area contributed by atoms with Crippen LogP contribution in [0.1, 0.15) is 38.7 Å². The molecule has 0 bridgehead atoms. The van der Waals surface area contributed by atoms with Crippen LogP contribution in [0.4, 0.5) is 0 Å². The topological polar surface area (TPSA) is 32.3 Å². The molecule has 0 aromatic heterocycles. The van der Waals surface area contributed by atoms with Crippen molar-refractivity contribution < 1.29 is 5.11 Å². The van der Waals surface area contributed by atoms with Gasteiger partial charge in [-0.05, 0) is 55.2 Å². The molecule has 1 saturated carbocycles. The predicted octanol–water partition coefficient (Wildman–Crippen LogP) is 4.42. The van der Waals surface area contributed by atoms with Gasteiger partial charge >= 0.3 is 0 Å². The maximum absolute atomic E-state index is 10.3. The summed E-state index contributed by atoms with van der Waals surface area (Å²) < 4.78 is 0. The molecule has 2 N–H and O–H groups in total. The molecule has 24 heavy (non-hydrogen) atoms. The summed E-state index contributed by atoms with van der Waals surface area (Å²) in [6.07, 6.45) is 3.95. The summed E-state index contributed by atoms with van der Waals surface area (Å²) in [6.45, 7) is 4.38. The van der Waals surface area contributed by atoms with Gasteiger partial charge in [-0.2, -0.15) is 0 Å². The van der Waals surface area contributed by atoms with Gasteiger partial charge in [0, 0.05) is 12.1 Å². The summed E-state index contributed by atoms with van der Waals surface area (Å²) in [7, 11) is 0. The van der Waals surface area contributed by atoms with Crippen LogP contribution in [0.15, 0.2) is 54.6 Å². The van der Waals surface area contributed by atoms with Gasteiger partial charge in [0.25, 0.3) is 0 Å². The molecule has 1 fully saturated rings. The number of aliphatic hydroxyl groups excluding tert-OH is 1. The molecule has 1 aliphatic carbocycles. The Hall–Kier alpha value is -1.64. The standard InChI is InChI=1S/C22H29NO/c1-3-16(2)23-21-14-18(15-22(21)24)13-17-9-11-20(12-10-17)19-7-5-4-6-8-19/h4-12,16,18,21-24H,3,13-15H2,1-2H3/t16?,18-,21+,22+/m0/s1. The van der Waals surface area contributed by atoms with Crippen LogP contribution in [0.25, 0.3) is 11.1 Å². The van der Waals surface area contributed by atoms with E-state index in [9.17, 15) is 5.11 Å². The maximum atomic E-state index is 10.3. The van der Waals surface area contributed by atoms with E-state index in [2.05, 4.69) is 67.7 Å². The molecule has 0 spiro atoms. The van der Waals surface area contributed by atoms with Crippen LogP contribution in [0, 0.1) is 5.92 Å². The van der Waals surface area contributed by atoms with Crippen molar-refractivity contribution in [3.05, 3.63) is 60.2 Å². The minimum absolute atomic E-state index is 0.201. The van der Waals surface area contributed by atoms with Crippen molar-refractivity contribution in [1.82, 2.24) is 5.32 Å². The molecule has 0 aliphatic heterocycles. The fourth-order valence-corrected chi connectivity index (χ4v) is 3.74. The van der Waals surface area contributed by atoms with Crippen molar-refractivity contribution in [2.24, 2.45) is 5.92 Å². The summed E-state index contributed by atoms with van der Waals surface area (Å²) in [5, 5.41) is 13.9. The quantitative estimate of drug-likeness (QED) is 0.824. The number of nitrogens with one attached hydrogen (secondary N) is 1. The molecule has 3 rings (SSSR count). The maximum Gasteiger partial charge on any atom is 0.0696 e. The molecule has 128 valence electrons. The van der Waals surface area contributed by atoms with E-state index >= 15 is 0 Å². The van der Waals surface area contributed by atoms with Crippen molar-refractivity contribution in [3.8, 4) is 11.1 Å². The zero-order valence-electron chi connectivity index (χ0n) is 14.8. The molecule has 2 heteroatoms. The van der Waals surface area contributed by atoms with Gasteiger partial charge in [-0.1, -0.05) is 61.5 Å². The predicted molar refractivity (Wildman–Crippen MR) is 101 cm³/mol. The lowest BCUT2D eigenvalue weighted by Gasteiger charge is -2.21. The third-order valence-corrected chi connectivity index (χ3v) is 5.32. The minimum Gasteiger partial charge on any atom is -0.391 e. The normalized spacial score (nSPS) is 24.9. The second-order valence-electron chi connectivity index (χ2n) is 7.25. The van der Waals surface area contributed by atoms with Crippen LogP contribution in [0.2, 0.25) is 0 Å². The van der Waals surface area contributed by atoms with Gasteiger partial charge in [0.05, 0.1) is 6.10 Å². The van der Waals surface area contributed by atoms with Crippen molar-refractivity contribution in [1.29, 1.82) is 0 Å². The van der Waals surface area contributed by atoms with E-state index in [0.29, 0.717) is 12.0 Å². The fraction of sp³-hybridized carbons (Fsp3) is 0.455. The van der Waals surface area contributed by atoms with Gasteiger partial charge in [-0.15, -0.1) is 0 Å². The van der Waals surface area contributed by atoms with Gasteiger partial charge in [0.2, 0.25) is 0 Å². The second kappa shape index (κ2) is 7.96. The van der Waals surface area contributed by atoms with Crippen LogP contribution in [0.3, 0.4) is 0 Å². The molecular formula is C22H29NO. The highest BCUT2D eigenvalue weighted by molar-refractivity contribution is 5.63. The fourth-order valence-electron chi connectivity index (χ4n) is 3.74. The number of hydrogen-bond acceptors (Lipinski definition) is 2. The van der Waals surface area contributed by atoms with Crippen molar-refractivity contribution in [2.45, 2.75) is 57.7 Å². The van der Waals surface area contributed by atoms with Crippen LogP contribution >= 0.6 is 0 Å². The van der Waals surface area contributed by atoms with E-state index in [1.54, 1.807) is 0 Å². The summed E-state index contributed by atoms with van der Waals surface area (Å²) in [5.41, 5.74) is 3.90. The van der Waals surface area contributed by atoms with E-state index in [-0.39, 0.29) is 12.1 Å². The zero-order valence-corrected chi connectivity index (χ0v) is 14.8. The Morgan fingerprint density at radius 1 is 1.00 bits per heavy atom. The summed E-state index contributed by atoms with van der Waals surface area (Å²) in [5.74, 6) is 0.573. The first-order valence-corrected chi connectivity index (χ1v) is 9.24. The molecule has 2 nitrogen and oxygen atoms in total. The largest absolute Gasteiger partial charge is 0.391 e. The molecule has 1 aliphatic rings. The van der Waals surface area contributed by atoms with Crippen molar-refractivity contribution in [2.75, 3.05) is 0 Å². The number of aliphatic hydroxyl groups is 1. The highest BCUT2D eigenvalue weighted by atomic mass is 16.3. The molecule has 2 aromatic rings. The van der Waals surface area contributed by atoms with Gasteiger partial charge in [-0.3, -0.25) is 0 Å². The first-order chi connectivity index (χ1) is 11.7. The number of benzene rings is 2. The zero-order chi connectivity index (χ0) is 16.9. The number of rotatable bonds is 6. The van der Waals surface area contributed by atoms with Gasteiger partial charge in [-0.25, -0.2) is 0 Å². The lowest BCUT2D eigenvalue weighted by Crippen LogP contribution is -2.40. The first kappa shape index (κ1) is 17.2. The minimum atomic E-state index is -0.201. The summed E-state index contributed by atoms with van der Waals surface area (Å²) in [6, 6.07) is 20.1. The molecule has 0 heterocycles. The van der Waals surface area contributed by atoms with Crippen molar-refractivity contribution >= 4 is 0 Å². The summed E-state index contributed by atoms with van der Waals surface area (Å²) >= 11 is 0. The Bertz CT molecular complexity index is 622. The molecular weight excluding hydrogens is 294 g/mol. The number of hydrogen-bond donors (Lipinski definition) is 2. The highest BCUT2D eigenvalue weighted by Gasteiger charge is 2.33. The van der Waals surface area contributed by atoms with Crippen molar-refractivity contribution in [3.63, 3.8) is 0 Å². The molecule has 4 atom stereocenters. The van der Waals surface area contributed by atoms with Gasteiger partial charge < -0.3 is 10.4 Å². The average molecular weight is 323 g/mol. The Balaban J connectivity index is 1.59. The molecule has 0 radical (unpaired) electrons. The van der Waals surface area contributed by atoms with E-state index in [0.717, 1.165) is 25.7 Å².